The molecule has 1 unspecified atom stereocenters. The minimum Gasteiger partial charge on any atom is -0.468 e. The van der Waals surface area contributed by atoms with Crippen molar-refractivity contribution < 1.29 is 14.5 Å². The van der Waals surface area contributed by atoms with Crippen LogP contribution in [0.3, 0.4) is 0 Å². The Kier molecular flexibility index (Phi) is 4.79. The van der Waals surface area contributed by atoms with Crippen molar-refractivity contribution in [3.63, 3.8) is 0 Å². The van der Waals surface area contributed by atoms with Crippen LogP contribution in [0.1, 0.15) is 25.5 Å². The van der Waals surface area contributed by atoms with Crippen LogP contribution in [0.4, 0.5) is 5.69 Å². The number of rotatable bonds is 5. The molecule has 0 amide bonds. The number of methoxy groups -OCH3 is 1. The van der Waals surface area contributed by atoms with Gasteiger partial charge in [0.05, 0.1) is 12.0 Å². The summed E-state index contributed by atoms with van der Waals surface area (Å²) in [7, 11) is 1.30. The summed E-state index contributed by atoms with van der Waals surface area (Å²) in [5.74, 6) is -0.402. The minimum absolute atomic E-state index is 0.0366. The highest BCUT2D eigenvalue weighted by molar-refractivity contribution is 5.75. The Bertz CT molecular complexity index is 447. The lowest BCUT2D eigenvalue weighted by molar-refractivity contribution is -0.385. The quantitative estimate of drug-likeness (QED) is 0.491. The second-order valence-corrected chi connectivity index (χ2v) is 3.95. The predicted octanol–water partition coefficient (Wildman–Crippen LogP) is 1.81. The standard InChI is InChI=1S/C12H16N2O4/c1-8(13-9(2)12(15)18-3)10-6-4-5-7-11(10)14(16)17/h4-9,13H,1-3H3/t8?,9-/m0/s1. The number of carbonyl (C=O) groups is 1. The van der Waals surface area contributed by atoms with Crippen LogP contribution in [0.2, 0.25) is 0 Å². The van der Waals surface area contributed by atoms with Gasteiger partial charge in [0, 0.05) is 17.7 Å². The number of para-hydroxylation sites is 1. The molecule has 0 radical (unpaired) electrons. The molecule has 2 atom stereocenters. The Hall–Kier alpha value is -1.95. The van der Waals surface area contributed by atoms with Crippen LogP contribution < -0.4 is 5.32 Å². The van der Waals surface area contributed by atoms with Gasteiger partial charge in [0.2, 0.25) is 0 Å². The van der Waals surface area contributed by atoms with Crippen molar-refractivity contribution in [2.45, 2.75) is 25.9 Å². The molecule has 0 aliphatic heterocycles. The highest BCUT2D eigenvalue weighted by atomic mass is 16.6. The Balaban J connectivity index is 2.87. The summed E-state index contributed by atoms with van der Waals surface area (Å²) in [6.07, 6.45) is 0. The average molecular weight is 252 g/mol. The Labute approximate surface area is 105 Å². The number of hydrogen-bond acceptors (Lipinski definition) is 5. The van der Waals surface area contributed by atoms with Crippen LogP contribution >= 0.6 is 0 Å². The van der Waals surface area contributed by atoms with Crippen LogP contribution in [-0.2, 0) is 9.53 Å². The number of nitrogens with zero attached hydrogens (tertiary/aromatic N) is 1. The summed E-state index contributed by atoms with van der Waals surface area (Å²) in [6.45, 7) is 3.42. The second-order valence-electron chi connectivity index (χ2n) is 3.95. The minimum atomic E-state index is -0.523. The van der Waals surface area contributed by atoms with E-state index in [2.05, 4.69) is 10.1 Å². The van der Waals surface area contributed by atoms with Gasteiger partial charge in [-0.1, -0.05) is 18.2 Å². The van der Waals surface area contributed by atoms with E-state index in [-0.39, 0.29) is 11.7 Å². The largest absolute Gasteiger partial charge is 0.468 e. The lowest BCUT2D eigenvalue weighted by Crippen LogP contribution is -2.36. The molecule has 0 saturated carbocycles. The molecule has 18 heavy (non-hydrogen) atoms. The molecule has 0 aliphatic rings. The number of hydrogen-bond donors (Lipinski definition) is 1. The van der Waals surface area contributed by atoms with Crippen LogP contribution in [0.15, 0.2) is 24.3 Å². The number of carbonyl (C=O) groups excluding carboxylic acids is 1. The van der Waals surface area contributed by atoms with Gasteiger partial charge in [-0.2, -0.15) is 0 Å². The van der Waals surface area contributed by atoms with Gasteiger partial charge in [0.25, 0.3) is 5.69 Å². The van der Waals surface area contributed by atoms with Gasteiger partial charge in [-0.05, 0) is 13.8 Å². The summed E-state index contributed by atoms with van der Waals surface area (Å²) in [5.41, 5.74) is 0.577. The second kappa shape index (κ2) is 6.11. The maximum atomic E-state index is 11.3. The molecule has 6 heteroatoms. The molecule has 0 bridgehead atoms. The molecule has 1 aromatic carbocycles. The monoisotopic (exact) mass is 252 g/mol. The van der Waals surface area contributed by atoms with Gasteiger partial charge >= 0.3 is 5.97 Å². The van der Waals surface area contributed by atoms with Crippen LogP contribution in [-0.4, -0.2) is 24.0 Å². The van der Waals surface area contributed by atoms with E-state index in [9.17, 15) is 14.9 Å². The first-order valence-corrected chi connectivity index (χ1v) is 5.54. The molecule has 1 aromatic rings. The van der Waals surface area contributed by atoms with Crippen LogP contribution in [0.5, 0.6) is 0 Å². The third-order valence-electron chi connectivity index (χ3n) is 2.65. The molecule has 0 aliphatic carbocycles. The van der Waals surface area contributed by atoms with E-state index in [4.69, 9.17) is 0 Å². The van der Waals surface area contributed by atoms with E-state index in [0.717, 1.165) is 0 Å². The third kappa shape index (κ3) is 3.27. The Morgan fingerprint density at radius 2 is 2.00 bits per heavy atom. The molecule has 0 saturated heterocycles. The van der Waals surface area contributed by atoms with Crippen molar-refractivity contribution >= 4 is 11.7 Å². The molecule has 98 valence electrons. The average Bonchev–Trinajstić information content (AvgIpc) is 2.37. The van der Waals surface area contributed by atoms with Gasteiger partial charge in [-0.25, -0.2) is 0 Å². The van der Waals surface area contributed by atoms with E-state index in [1.807, 2.05) is 0 Å². The molecule has 0 fully saturated rings. The van der Waals surface area contributed by atoms with Gasteiger partial charge in [-0.3, -0.25) is 20.2 Å². The molecule has 0 heterocycles. The zero-order valence-electron chi connectivity index (χ0n) is 10.5. The molecular weight excluding hydrogens is 236 g/mol. The fraction of sp³-hybridized carbons (Fsp3) is 0.417. The maximum absolute atomic E-state index is 11.3. The van der Waals surface area contributed by atoms with Crippen LogP contribution in [0.25, 0.3) is 0 Å². The first kappa shape index (κ1) is 14.1. The number of nitro groups is 1. The fourth-order valence-corrected chi connectivity index (χ4v) is 1.73. The van der Waals surface area contributed by atoms with Gasteiger partial charge in [0.1, 0.15) is 6.04 Å². The zero-order valence-corrected chi connectivity index (χ0v) is 10.5. The van der Waals surface area contributed by atoms with Gasteiger partial charge in [-0.15, -0.1) is 0 Å². The molecular formula is C12H16N2O4. The maximum Gasteiger partial charge on any atom is 0.322 e. The van der Waals surface area contributed by atoms with Crippen LogP contribution in [0, 0.1) is 10.1 Å². The third-order valence-corrected chi connectivity index (χ3v) is 2.65. The number of ether oxygens (including phenoxy) is 1. The molecule has 1 rings (SSSR count). The van der Waals surface area contributed by atoms with E-state index in [1.54, 1.807) is 32.0 Å². The molecule has 6 nitrogen and oxygen atoms in total. The van der Waals surface area contributed by atoms with Crippen molar-refractivity contribution in [1.82, 2.24) is 5.32 Å². The van der Waals surface area contributed by atoms with Crippen molar-refractivity contribution in [1.29, 1.82) is 0 Å². The normalized spacial score (nSPS) is 13.7. The van der Waals surface area contributed by atoms with E-state index < -0.39 is 16.9 Å². The SMILES string of the molecule is COC(=O)[C@H](C)NC(C)c1ccccc1[N+](=O)[O-]. The predicted molar refractivity (Wildman–Crippen MR) is 66.1 cm³/mol. The smallest absolute Gasteiger partial charge is 0.322 e. The van der Waals surface area contributed by atoms with E-state index in [0.29, 0.717) is 5.56 Å². The fourth-order valence-electron chi connectivity index (χ4n) is 1.73. The number of esters is 1. The Morgan fingerprint density at radius 3 is 2.56 bits per heavy atom. The highest BCUT2D eigenvalue weighted by Gasteiger charge is 2.22. The lowest BCUT2D eigenvalue weighted by Gasteiger charge is -2.18. The summed E-state index contributed by atoms with van der Waals surface area (Å²) in [5, 5.41) is 13.9. The van der Waals surface area contributed by atoms with Gasteiger partial charge in [0.15, 0.2) is 0 Å². The zero-order chi connectivity index (χ0) is 13.7. The van der Waals surface area contributed by atoms with Crippen molar-refractivity contribution in [3.8, 4) is 0 Å². The van der Waals surface area contributed by atoms with E-state index in [1.165, 1.54) is 13.2 Å². The molecule has 0 aromatic heterocycles. The van der Waals surface area contributed by atoms with Crippen molar-refractivity contribution in [2.24, 2.45) is 0 Å². The summed E-state index contributed by atoms with van der Waals surface area (Å²) < 4.78 is 4.59. The Morgan fingerprint density at radius 1 is 1.39 bits per heavy atom. The number of nitrogens with one attached hydrogen (secondary N) is 1. The first-order valence-electron chi connectivity index (χ1n) is 5.54. The summed E-state index contributed by atoms with van der Waals surface area (Å²) in [6, 6.07) is 5.60. The van der Waals surface area contributed by atoms with Gasteiger partial charge < -0.3 is 4.74 Å². The summed E-state index contributed by atoms with van der Waals surface area (Å²) >= 11 is 0. The van der Waals surface area contributed by atoms with E-state index >= 15 is 0 Å². The summed E-state index contributed by atoms with van der Waals surface area (Å²) in [4.78, 5) is 21.7. The van der Waals surface area contributed by atoms with Crippen molar-refractivity contribution in [3.05, 3.63) is 39.9 Å². The number of benzene rings is 1. The molecule has 0 spiro atoms. The lowest BCUT2D eigenvalue weighted by atomic mass is 10.1. The number of nitro benzene ring substituents is 1. The topological polar surface area (TPSA) is 81.5 Å². The highest BCUT2D eigenvalue weighted by Crippen LogP contribution is 2.24. The van der Waals surface area contributed by atoms with Crippen molar-refractivity contribution in [2.75, 3.05) is 7.11 Å². The molecule has 1 N–H and O–H groups in total. The first-order chi connectivity index (χ1) is 8.47.